The maximum Gasteiger partial charge on any atom is 0.241 e. The first-order chi connectivity index (χ1) is 14.6. The Labute approximate surface area is 178 Å². The van der Waals surface area contributed by atoms with Crippen molar-refractivity contribution in [3.05, 3.63) is 30.1 Å². The smallest absolute Gasteiger partial charge is 0.241 e. The predicted octanol–water partition coefficient (Wildman–Crippen LogP) is 0.656. The van der Waals surface area contributed by atoms with Gasteiger partial charge in [0.05, 0.1) is 18.2 Å². The zero-order valence-electron chi connectivity index (χ0n) is 17.8. The van der Waals surface area contributed by atoms with E-state index >= 15 is 0 Å². The lowest BCUT2D eigenvalue weighted by Gasteiger charge is -2.42. The van der Waals surface area contributed by atoms with Gasteiger partial charge in [0, 0.05) is 37.9 Å². The standard InChI is InChI=1S/C22H34N6O2/c1-16-13-20(26-25-16)22(30)27-11-7-19(8-12-27)28-10-4-5-17(15-28)21(29)24-14-18-6-2-3-9-23-18/h2-3,6,9,16-17,19-20,25-26H,4-5,7-8,10-15H2,1H3,(H,24,29). The van der Waals surface area contributed by atoms with Crippen molar-refractivity contribution in [2.24, 2.45) is 5.92 Å². The van der Waals surface area contributed by atoms with Crippen molar-refractivity contribution in [1.82, 2.24) is 31.0 Å². The van der Waals surface area contributed by atoms with Gasteiger partial charge in [-0.25, -0.2) is 5.43 Å². The maximum absolute atomic E-state index is 12.7. The van der Waals surface area contributed by atoms with Gasteiger partial charge in [-0.2, -0.15) is 0 Å². The molecular weight excluding hydrogens is 380 g/mol. The molecular formula is C22H34N6O2. The lowest BCUT2D eigenvalue weighted by molar-refractivity contribution is -0.135. The Balaban J connectivity index is 1.23. The van der Waals surface area contributed by atoms with E-state index in [9.17, 15) is 9.59 Å². The SMILES string of the molecule is CC1CC(C(=O)N2CCC(N3CCCC(C(=O)NCc4ccccn4)C3)CC2)NN1. The third-order valence-electron chi connectivity index (χ3n) is 6.68. The number of aromatic nitrogens is 1. The summed E-state index contributed by atoms with van der Waals surface area (Å²) in [4.78, 5) is 34.2. The molecule has 0 saturated carbocycles. The van der Waals surface area contributed by atoms with E-state index in [0.717, 1.165) is 64.0 Å². The van der Waals surface area contributed by atoms with Crippen LogP contribution in [0.15, 0.2) is 24.4 Å². The van der Waals surface area contributed by atoms with E-state index in [4.69, 9.17) is 0 Å². The van der Waals surface area contributed by atoms with Crippen LogP contribution in [0, 0.1) is 5.92 Å². The van der Waals surface area contributed by atoms with E-state index in [-0.39, 0.29) is 23.8 Å². The third kappa shape index (κ3) is 5.17. The molecule has 0 spiro atoms. The van der Waals surface area contributed by atoms with Gasteiger partial charge in [0.25, 0.3) is 0 Å². The molecule has 3 aliphatic heterocycles. The highest BCUT2D eigenvalue weighted by molar-refractivity contribution is 5.82. The number of amides is 2. The van der Waals surface area contributed by atoms with Crippen LogP contribution in [0.2, 0.25) is 0 Å². The molecule has 3 aliphatic rings. The van der Waals surface area contributed by atoms with Crippen LogP contribution in [0.25, 0.3) is 0 Å². The number of pyridine rings is 1. The van der Waals surface area contributed by atoms with E-state index in [1.165, 1.54) is 0 Å². The van der Waals surface area contributed by atoms with Crippen molar-refractivity contribution in [1.29, 1.82) is 0 Å². The Morgan fingerprint density at radius 2 is 2.00 bits per heavy atom. The molecule has 4 heterocycles. The van der Waals surface area contributed by atoms with E-state index in [0.29, 0.717) is 18.6 Å². The molecule has 4 rings (SSSR count). The Kier molecular flexibility index (Phi) is 6.97. The van der Waals surface area contributed by atoms with Gasteiger partial charge in [0.2, 0.25) is 11.8 Å². The average molecular weight is 415 g/mol. The minimum atomic E-state index is -0.0984. The lowest BCUT2D eigenvalue weighted by atomic mass is 9.93. The molecule has 0 aliphatic carbocycles. The number of hydrazine groups is 1. The Hall–Kier alpha value is -2.03. The molecule has 1 aromatic rings. The van der Waals surface area contributed by atoms with Crippen LogP contribution in [0.3, 0.4) is 0 Å². The highest BCUT2D eigenvalue weighted by Gasteiger charge is 2.35. The van der Waals surface area contributed by atoms with Crippen LogP contribution in [-0.2, 0) is 16.1 Å². The second-order valence-corrected chi connectivity index (χ2v) is 8.91. The summed E-state index contributed by atoms with van der Waals surface area (Å²) < 4.78 is 0. The van der Waals surface area contributed by atoms with Crippen LogP contribution >= 0.6 is 0 Å². The first-order valence-corrected chi connectivity index (χ1v) is 11.3. The maximum atomic E-state index is 12.7. The molecule has 3 atom stereocenters. The van der Waals surface area contributed by atoms with Crippen molar-refractivity contribution < 1.29 is 9.59 Å². The van der Waals surface area contributed by atoms with Crippen LogP contribution in [0.5, 0.6) is 0 Å². The fourth-order valence-corrected chi connectivity index (χ4v) is 4.93. The molecule has 164 valence electrons. The summed E-state index contributed by atoms with van der Waals surface area (Å²) in [6.07, 6.45) is 6.57. The number of likely N-dealkylation sites (tertiary alicyclic amines) is 2. The summed E-state index contributed by atoms with van der Waals surface area (Å²) in [5.74, 6) is 0.389. The minimum absolute atomic E-state index is 0.0392. The molecule has 2 amide bonds. The monoisotopic (exact) mass is 414 g/mol. The molecule has 8 nitrogen and oxygen atoms in total. The number of hydrogen-bond donors (Lipinski definition) is 3. The summed E-state index contributed by atoms with van der Waals surface area (Å²) in [6.45, 7) is 6.06. The van der Waals surface area contributed by atoms with Crippen molar-refractivity contribution in [2.45, 2.75) is 63.7 Å². The van der Waals surface area contributed by atoms with Gasteiger partial charge in [-0.3, -0.25) is 24.9 Å². The first-order valence-electron chi connectivity index (χ1n) is 11.3. The third-order valence-corrected chi connectivity index (χ3v) is 6.68. The summed E-state index contributed by atoms with van der Waals surface area (Å²) in [5.41, 5.74) is 7.14. The van der Waals surface area contributed by atoms with Crippen molar-refractivity contribution >= 4 is 11.8 Å². The minimum Gasteiger partial charge on any atom is -0.350 e. The Morgan fingerprint density at radius 1 is 1.17 bits per heavy atom. The van der Waals surface area contributed by atoms with Crippen molar-refractivity contribution in [3.8, 4) is 0 Å². The van der Waals surface area contributed by atoms with Crippen LogP contribution < -0.4 is 16.2 Å². The fraction of sp³-hybridized carbons (Fsp3) is 0.682. The zero-order chi connectivity index (χ0) is 20.9. The quantitative estimate of drug-likeness (QED) is 0.656. The van der Waals surface area contributed by atoms with E-state index in [1.807, 2.05) is 23.1 Å². The van der Waals surface area contributed by atoms with Gasteiger partial charge in [0.1, 0.15) is 6.04 Å². The first kappa shape index (κ1) is 21.2. The molecule has 0 bridgehead atoms. The topological polar surface area (TPSA) is 89.6 Å². The zero-order valence-corrected chi connectivity index (χ0v) is 17.8. The van der Waals surface area contributed by atoms with Gasteiger partial charge in [0.15, 0.2) is 0 Å². The Bertz CT molecular complexity index is 722. The fourth-order valence-electron chi connectivity index (χ4n) is 4.93. The molecule has 0 aromatic carbocycles. The number of carbonyl (C=O) groups is 2. The number of rotatable bonds is 5. The highest BCUT2D eigenvalue weighted by Crippen LogP contribution is 2.25. The van der Waals surface area contributed by atoms with E-state index < -0.39 is 0 Å². The summed E-state index contributed by atoms with van der Waals surface area (Å²) >= 11 is 0. The molecule has 1 aromatic heterocycles. The summed E-state index contributed by atoms with van der Waals surface area (Å²) in [7, 11) is 0. The Morgan fingerprint density at radius 3 is 2.70 bits per heavy atom. The average Bonchev–Trinajstić information content (AvgIpc) is 3.24. The lowest BCUT2D eigenvalue weighted by Crippen LogP contribution is -2.53. The molecule has 30 heavy (non-hydrogen) atoms. The molecule has 3 N–H and O–H groups in total. The molecule has 0 radical (unpaired) electrons. The molecule has 3 saturated heterocycles. The summed E-state index contributed by atoms with van der Waals surface area (Å²) in [6, 6.07) is 6.46. The van der Waals surface area contributed by atoms with Gasteiger partial charge in [-0.1, -0.05) is 6.07 Å². The van der Waals surface area contributed by atoms with Crippen LogP contribution in [0.4, 0.5) is 0 Å². The molecule has 8 heteroatoms. The second-order valence-electron chi connectivity index (χ2n) is 8.91. The van der Waals surface area contributed by atoms with Crippen molar-refractivity contribution in [2.75, 3.05) is 26.2 Å². The van der Waals surface area contributed by atoms with Gasteiger partial charge >= 0.3 is 0 Å². The molecule has 3 unspecified atom stereocenters. The number of nitrogens with zero attached hydrogens (tertiary/aromatic N) is 3. The van der Waals surface area contributed by atoms with Crippen molar-refractivity contribution in [3.63, 3.8) is 0 Å². The number of piperidine rings is 2. The normalized spacial score (nSPS) is 28.4. The summed E-state index contributed by atoms with van der Waals surface area (Å²) in [5, 5.41) is 3.06. The van der Waals surface area contributed by atoms with Crippen LogP contribution in [0.1, 0.15) is 44.7 Å². The van der Waals surface area contributed by atoms with Gasteiger partial charge in [-0.15, -0.1) is 0 Å². The second kappa shape index (κ2) is 9.85. The number of hydrogen-bond acceptors (Lipinski definition) is 6. The van der Waals surface area contributed by atoms with E-state index in [1.54, 1.807) is 6.20 Å². The molecule has 3 fully saturated rings. The van der Waals surface area contributed by atoms with E-state index in [2.05, 4.69) is 33.0 Å². The van der Waals surface area contributed by atoms with Crippen LogP contribution in [-0.4, -0.2) is 70.9 Å². The highest BCUT2D eigenvalue weighted by atomic mass is 16.2. The van der Waals surface area contributed by atoms with Gasteiger partial charge in [-0.05, 0) is 57.7 Å². The number of nitrogens with one attached hydrogen (secondary N) is 3. The predicted molar refractivity (Wildman–Crippen MR) is 114 cm³/mol. The number of carbonyl (C=O) groups excluding carboxylic acids is 2. The largest absolute Gasteiger partial charge is 0.350 e. The van der Waals surface area contributed by atoms with Gasteiger partial charge < -0.3 is 10.2 Å².